The number of hydrogen-bond acceptors (Lipinski definition) is 5. The van der Waals surface area contributed by atoms with Gasteiger partial charge in [-0.05, 0) is 36.6 Å². The maximum Gasteiger partial charge on any atom is 0.315 e. The topological polar surface area (TPSA) is 99.3 Å². The molecule has 2 N–H and O–H groups in total. The van der Waals surface area contributed by atoms with Crippen molar-refractivity contribution in [2.45, 2.75) is 32.9 Å². The van der Waals surface area contributed by atoms with Crippen molar-refractivity contribution in [2.24, 2.45) is 0 Å². The molecule has 0 fully saturated rings. The third kappa shape index (κ3) is 3.76. The van der Waals surface area contributed by atoms with E-state index in [1.54, 1.807) is 21.6 Å². The molecule has 1 aromatic heterocycles. The number of fused-ring (bicyclic) bond motifs is 1. The van der Waals surface area contributed by atoms with E-state index in [9.17, 15) is 14.7 Å². The molecule has 1 aromatic carbocycles. The number of carbonyl (C=O) groups is 1. The normalized spacial score (nSPS) is 14.1. The van der Waals surface area contributed by atoms with Gasteiger partial charge in [-0.1, -0.05) is 36.9 Å². The largest absolute Gasteiger partial charge is 0.501 e. The fourth-order valence-electron chi connectivity index (χ4n) is 3.60. The predicted molar refractivity (Wildman–Crippen MR) is 113 cm³/mol. The smallest absolute Gasteiger partial charge is 0.315 e. The minimum Gasteiger partial charge on any atom is -0.501 e. The van der Waals surface area contributed by atoms with E-state index in [2.05, 4.69) is 11.6 Å². The summed E-state index contributed by atoms with van der Waals surface area (Å²) in [6.45, 7) is 8.53. The molecule has 0 saturated carbocycles. The van der Waals surface area contributed by atoms with Crippen LogP contribution in [0.15, 0.2) is 47.8 Å². The number of aromatic hydroxyl groups is 1. The minimum absolute atomic E-state index is 0.00333. The Balaban J connectivity index is 2.12. The van der Waals surface area contributed by atoms with E-state index in [1.165, 1.54) is 6.21 Å². The zero-order chi connectivity index (χ0) is 21.1. The van der Waals surface area contributed by atoms with Gasteiger partial charge in [0.15, 0.2) is 5.69 Å². The second kappa shape index (κ2) is 8.26. The Labute approximate surface area is 169 Å². The molecule has 0 atom stereocenters. The van der Waals surface area contributed by atoms with Gasteiger partial charge in [-0.3, -0.25) is 9.59 Å². The highest BCUT2D eigenvalue weighted by atomic mass is 16.3. The van der Waals surface area contributed by atoms with E-state index in [0.717, 1.165) is 16.7 Å². The van der Waals surface area contributed by atoms with Crippen LogP contribution in [0.1, 0.15) is 41.3 Å². The number of carbonyl (C=O) groups excluding carboxylic acids is 1. The van der Waals surface area contributed by atoms with Gasteiger partial charge in [0.05, 0.1) is 0 Å². The lowest BCUT2D eigenvalue weighted by atomic mass is 9.97. The van der Waals surface area contributed by atoms with Crippen LogP contribution >= 0.6 is 0 Å². The summed E-state index contributed by atoms with van der Waals surface area (Å²) < 4.78 is 1.64. The van der Waals surface area contributed by atoms with Gasteiger partial charge < -0.3 is 20.0 Å². The monoisotopic (exact) mass is 392 g/mol. The first kappa shape index (κ1) is 20.3. The fourth-order valence-corrected chi connectivity index (χ4v) is 3.60. The van der Waals surface area contributed by atoms with Crippen LogP contribution in [0.4, 0.5) is 0 Å². The van der Waals surface area contributed by atoms with Crippen LogP contribution in [0.25, 0.3) is 5.57 Å². The van der Waals surface area contributed by atoms with Crippen LogP contribution in [0.5, 0.6) is 5.75 Å². The zero-order valence-corrected chi connectivity index (χ0v) is 16.6. The van der Waals surface area contributed by atoms with Crippen molar-refractivity contribution >= 4 is 17.7 Å². The first-order valence-electron chi connectivity index (χ1n) is 9.44. The average molecular weight is 392 g/mol. The summed E-state index contributed by atoms with van der Waals surface area (Å²) in [5.74, 6) is -0.550. The number of amides is 1. The van der Waals surface area contributed by atoms with Crippen molar-refractivity contribution in [1.82, 2.24) is 14.5 Å². The summed E-state index contributed by atoms with van der Waals surface area (Å²) in [7, 11) is 0. The molecule has 0 aliphatic carbocycles. The van der Waals surface area contributed by atoms with Crippen molar-refractivity contribution in [3.8, 4) is 5.75 Å². The number of allylic oxidation sites excluding steroid dienone is 3. The molecule has 0 unspecified atom stereocenters. The molecule has 0 bridgehead atoms. The van der Waals surface area contributed by atoms with E-state index < -0.39 is 11.3 Å². The van der Waals surface area contributed by atoms with Crippen molar-refractivity contribution in [3.05, 3.63) is 76.0 Å². The number of rotatable bonds is 6. The highest BCUT2D eigenvalue weighted by Gasteiger charge is 2.32. The Morgan fingerprint density at radius 3 is 2.69 bits per heavy atom. The SMILES string of the molecule is C=CC(=CC=N)c1ccccc1Cc1nc(=O)c(O)c2n1CCN(C(C)C)C2=O. The van der Waals surface area contributed by atoms with Gasteiger partial charge in [0.25, 0.3) is 5.91 Å². The van der Waals surface area contributed by atoms with Crippen molar-refractivity contribution in [2.75, 3.05) is 6.54 Å². The second-order valence-electron chi connectivity index (χ2n) is 7.10. The Bertz CT molecular complexity index is 1070. The molecule has 1 amide bonds. The van der Waals surface area contributed by atoms with Crippen molar-refractivity contribution in [1.29, 1.82) is 5.41 Å². The van der Waals surface area contributed by atoms with Crippen LogP contribution in [-0.2, 0) is 13.0 Å². The maximum absolute atomic E-state index is 12.9. The molecule has 7 heteroatoms. The van der Waals surface area contributed by atoms with Gasteiger partial charge >= 0.3 is 5.56 Å². The maximum atomic E-state index is 12.9. The summed E-state index contributed by atoms with van der Waals surface area (Å²) in [4.78, 5) is 30.9. The van der Waals surface area contributed by atoms with Gasteiger partial charge in [0.2, 0.25) is 5.75 Å². The zero-order valence-electron chi connectivity index (χ0n) is 16.6. The number of nitrogens with one attached hydrogen (secondary N) is 1. The molecular weight excluding hydrogens is 368 g/mol. The standard InChI is InChI=1S/C22H24N4O3/c1-4-15(9-10-23)17-8-6-5-7-16(17)13-18-24-21(28)20(27)19-22(29)25(14(2)3)11-12-26(18)19/h4-10,14,23,27H,1,11-13H2,2-3H3. The molecule has 2 aromatic rings. The number of benzene rings is 1. The quantitative estimate of drug-likeness (QED) is 0.583. The van der Waals surface area contributed by atoms with E-state index in [1.807, 2.05) is 38.1 Å². The summed E-state index contributed by atoms with van der Waals surface area (Å²) in [5, 5.41) is 17.6. The fraction of sp³-hybridized carbons (Fsp3) is 0.273. The third-order valence-corrected chi connectivity index (χ3v) is 5.05. The minimum atomic E-state index is -0.804. The molecule has 1 aliphatic heterocycles. The number of aromatic nitrogens is 2. The molecule has 0 radical (unpaired) electrons. The predicted octanol–water partition coefficient (Wildman–Crippen LogP) is 2.62. The van der Waals surface area contributed by atoms with E-state index in [-0.39, 0.29) is 17.6 Å². The van der Waals surface area contributed by atoms with Crippen LogP contribution in [-0.4, -0.2) is 44.3 Å². The van der Waals surface area contributed by atoms with Gasteiger partial charge in [0, 0.05) is 31.8 Å². The summed E-state index contributed by atoms with van der Waals surface area (Å²) >= 11 is 0. The van der Waals surface area contributed by atoms with Crippen LogP contribution < -0.4 is 5.56 Å². The van der Waals surface area contributed by atoms with Crippen molar-refractivity contribution < 1.29 is 9.90 Å². The first-order chi connectivity index (χ1) is 13.9. The lowest BCUT2D eigenvalue weighted by Crippen LogP contribution is -2.46. The van der Waals surface area contributed by atoms with Gasteiger partial charge in [-0.2, -0.15) is 4.98 Å². The molecular formula is C22H24N4O3. The second-order valence-corrected chi connectivity index (χ2v) is 7.10. The molecule has 0 spiro atoms. The Hall–Kier alpha value is -3.48. The average Bonchev–Trinajstić information content (AvgIpc) is 2.70. The summed E-state index contributed by atoms with van der Waals surface area (Å²) in [6, 6.07) is 7.55. The number of nitrogens with zero attached hydrogens (tertiary/aromatic N) is 3. The summed E-state index contributed by atoms with van der Waals surface area (Å²) in [6.07, 6.45) is 4.80. The molecule has 0 saturated heterocycles. The van der Waals surface area contributed by atoms with Gasteiger partial charge in [-0.25, -0.2) is 0 Å². The highest BCUT2D eigenvalue weighted by Crippen LogP contribution is 2.25. The van der Waals surface area contributed by atoms with Gasteiger partial charge in [0.1, 0.15) is 5.82 Å². The Kier molecular flexibility index (Phi) is 5.77. The lowest BCUT2D eigenvalue weighted by Gasteiger charge is -2.34. The molecule has 3 rings (SSSR count). The van der Waals surface area contributed by atoms with Gasteiger partial charge in [-0.15, -0.1) is 0 Å². The first-order valence-corrected chi connectivity index (χ1v) is 9.44. The Morgan fingerprint density at radius 1 is 1.31 bits per heavy atom. The van der Waals surface area contributed by atoms with E-state index >= 15 is 0 Å². The molecule has 1 aliphatic rings. The van der Waals surface area contributed by atoms with Crippen LogP contribution in [0, 0.1) is 5.41 Å². The molecule has 150 valence electrons. The van der Waals surface area contributed by atoms with Crippen molar-refractivity contribution in [3.63, 3.8) is 0 Å². The summed E-state index contributed by atoms with van der Waals surface area (Å²) in [5.41, 5.74) is 1.72. The molecule has 7 nitrogen and oxygen atoms in total. The Morgan fingerprint density at radius 2 is 2.03 bits per heavy atom. The van der Waals surface area contributed by atoms with E-state index in [4.69, 9.17) is 5.41 Å². The van der Waals surface area contributed by atoms with Crippen LogP contribution in [0.2, 0.25) is 0 Å². The third-order valence-electron chi connectivity index (χ3n) is 5.05. The van der Waals surface area contributed by atoms with E-state index in [0.29, 0.717) is 25.3 Å². The molecule has 2 heterocycles. The lowest BCUT2D eigenvalue weighted by molar-refractivity contribution is 0.0638. The number of hydrogen-bond donors (Lipinski definition) is 2. The molecule has 29 heavy (non-hydrogen) atoms. The van der Waals surface area contributed by atoms with Crippen LogP contribution in [0.3, 0.4) is 0 Å². The highest BCUT2D eigenvalue weighted by molar-refractivity contribution is 5.96.